The van der Waals surface area contributed by atoms with Crippen molar-refractivity contribution in [1.82, 2.24) is 15.0 Å². The molecular formula is C53H37N3. The van der Waals surface area contributed by atoms with Gasteiger partial charge in [0.25, 0.3) is 0 Å². The smallest absolute Gasteiger partial charge is 0.164 e. The topological polar surface area (TPSA) is 38.7 Å². The molecule has 0 bridgehead atoms. The van der Waals surface area contributed by atoms with Crippen LogP contribution in [0, 0.1) is 0 Å². The van der Waals surface area contributed by atoms with Gasteiger partial charge in [-0.25, -0.2) is 15.0 Å². The maximum atomic E-state index is 5.24. The second kappa shape index (κ2) is 12.3. The fourth-order valence-electron chi connectivity index (χ4n) is 9.61. The van der Waals surface area contributed by atoms with E-state index >= 15 is 0 Å². The highest BCUT2D eigenvalue weighted by molar-refractivity contribution is 6.01. The van der Waals surface area contributed by atoms with Crippen LogP contribution >= 0.6 is 0 Å². The number of fused-ring (bicyclic) bond motifs is 8. The molecule has 0 spiro atoms. The summed E-state index contributed by atoms with van der Waals surface area (Å²) < 4.78 is 0. The molecule has 0 saturated carbocycles. The van der Waals surface area contributed by atoms with E-state index in [2.05, 4.69) is 184 Å². The lowest BCUT2D eigenvalue weighted by molar-refractivity contribution is 0.660. The monoisotopic (exact) mass is 715 g/mol. The molecule has 0 atom stereocenters. The van der Waals surface area contributed by atoms with Crippen molar-refractivity contribution in [1.29, 1.82) is 0 Å². The third-order valence-electron chi connectivity index (χ3n) is 12.2. The Morgan fingerprint density at radius 3 is 1.50 bits per heavy atom. The first-order valence-corrected chi connectivity index (χ1v) is 19.4. The number of aromatic nitrogens is 3. The van der Waals surface area contributed by atoms with Crippen LogP contribution in [0.3, 0.4) is 0 Å². The Hall–Kier alpha value is -6.97. The first-order valence-electron chi connectivity index (χ1n) is 19.4. The van der Waals surface area contributed by atoms with E-state index in [1.807, 2.05) is 18.2 Å². The molecule has 1 aromatic heterocycles. The fourth-order valence-corrected chi connectivity index (χ4v) is 9.61. The van der Waals surface area contributed by atoms with Crippen LogP contribution in [0.5, 0.6) is 0 Å². The summed E-state index contributed by atoms with van der Waals surface area (Å²) in [4.78, 5) is 15.5. The van der Waals surface area contributed by atoms with Gasteiger partial charge in [-0.05, 0) is 78.5 Å². The Balaban J connectivity index is 1.11. The van der Waals surface area contributed by atoms with Gasteiger partial charge < -0.3 is 0 Å². The summed E-state index contributed by atoms with van der Waals surface area (Å²) in [6.07, 6.45) is 0. The maximum Gasteiger partial charge on any atom is 0.164 e. The zero-order valence-electron chi connectivity index (χ0n) is 31.2. The van der Waals surface area contributed by atoms with Crippen LogP contribution < -0.4 is 0 Å². The van der Waals surface area contributed by atoms with Crippen LogP contribution in [0.4, 0.5) is 0 Å². The highest BCUT2D eigenvalue weighted by atomic mass is 15.0. The maximum absolute atomic E-state index is 5.24. The molecule has 264 valence electrons. The van der Waals surface area contributed by atoms with E-state index in [1.54, 1.807) is 0 Å². The lowest BCUT2D eigenvalue weighted by Gasteiger charge is -2.34. The van der Waals surface area contributed by atoms with E-state index in [1.165, 1.54) is 61.0 Å². The lowest BCUT2D eigenvalue weighted by Crippen LogP contribution is -2.28. The molecule has 0 N–H and O–H groups in total. The molecule has 1 heterocycles. The van der Waals surface area contributed by atoms with Crippen molar-refractivity contribution in [3.63, 3.8) is 0 Å². The summed E-state index contributed by atoms with van der Waals surface area (Å²) in [5.74, 6) is 1.98. The summed E-state index contributed by atoms with van der Waals surface area (Å²) in [6.45, 7) is 4.62. The second-order valence-corrected chi connectivity index (χ2v) is 15.6. The van der Waals surface area contributed by atoms with Gasteiger partial charge in [0.1, 0.15) is 0 Å². The Morgan fingerprint density at radius 2 is 0.839 bits per heavy atom. The molecule has 11 rings (SSSR count). The molecule has 0 saturated heterocycles. The quantitative estimate of drug-likeness (QED) is 0.178. The van der Waals surface area contributed by atoms with E-state index in [9.17, 15) is 0 Å². The molecule has 8 aromatic carbocycles. The third-order valence-corrected chi connectivity index (χ3v) is 12.2. The number of hydrogen-bond donors (Lipinski definition) is 0. The fraction of sp³-hybridized carbons (Fsp3) is 0.0755. The van der Waals surface area contributed by atoms with E-state index in [0.717, 1.165) is 22.1 Å². The van der Waals surface area contributed by atoms with Crippen molar-refractivity contribution in [3.8, 4) is 56.4 Å². The van der Waals surface area contributed by atoms with Gasteiger partial charge in [-0.3, -0.25) is 0 Å². The Labute approximate surface area is 327 Å². The predicted molar refractivity (Wildman–Crippen MR) is 229 cm³/mol. The zero-order valence-corrected chi connectivity index (χ0v) is 31.2. The molecule has 0 fully saturated rings. The van der Waals surface area contributed by atoms with E-state index in [-0.39, 0.29) is 5.41 Å². The minimum absolute atomic E-state index is 0.132. The largest absolute Gasteiger partial charge is 0.208 e. The molecule has 2 aliphatic carbocycles. The Morgan fingerprint density at radius 1 is 0.357 bits per heavy atom. The zero-order chi connectivity index (χ0) is 37.4. The van der Waals surface area contributed by atoms with Crippen LogP contribution in [-0.4, -0.2) is 15.0 Å². The summed E-state index contributed by atoms with van der Waals surface area (Å²) in [5.41, 5.74) is 15.2. The van der Waals surface area contributed by atoms with Gasteiger partial charge in [0.05, 0.1) is 5.41 Å². The number of nitrogens with zero attached hydrogens (tertiary/aromatic N) is 3. The number of hydrogen-bond acceptors (Lipinski definition) is 3. The van der Waals surface area contributed by atoms with Crippen LogP contribution in [0.15, 0.2) is 188 Å². The van der Waals surface area contributed by atoms with Crippen LogP contribution in [0.1, 0.15) is 47.2 Å². The van der Waals surface area contributed by atoms with Gasteiger partial charge in [0, 0.05) is 22.1 Å². The molecule has 0 radical (unpaired) electrons. The summed E-state index contributed by atoms with van der Waals surface area (Å²) in [6, 6.07) is 67.9. The SMILES string of the molecule is CC1(C)c2ccccc2-c2ccc(-c3nc(-c4ccccc4)nc(-c4ccc5c6c(ccc5c4)-c4ccccc4C6(c4ccccc4)c4ccccc4)n3)cc21. The van der Waals surface area contributed by atoms with Gasteiger partial charge >= 0.3 is 0 Å². The van der Waals surface area contributed by atoms with Crippen molar-refractivity contribution in [2.24, 2.45) is 0 Å². The molecule has 3 heteroatoms. The highest BCUT2D eigenvalue weighted by Crippen LogP contribution is 2.58. The highest BCUT2D eigenvalue weighted by Gasteiger charge is 2.47. The first kappa shape index (κ1) is 32.5. The number of benzene rings is 8. The summed E-state index contributed by atoms with van der Waals surface area (Å²) in [7, 11) is 0. The van der Waals surface area contributed by atoms with Crippen LogP contribution in [0.25, 0.3) is 67.2 Å². The van der Waals surface area contributed by atoms with E-state index in [4.69, 9.17) is 15.0 Å². The molecule has 0 aliphatic heterocycles. The van der Waals surface area contributed by atoms with Crippen molar-refractivity contribution < 1.29 is 0 Å². The standard InChI is InChI=1S/C53H37N3/c1-52(2)45-24-14-12-22-41(45)43-30-28-37(33-47(43)52)51-55-49(34-16-6-3-7-17-34)54-50(56-51)36-27-29-40-35(32-36)26-31-44-42-23-13-15-25-46(42)53(48(40)44,38-18-8-4-9-19-38)39-20-10-5-11-21-39/h3-33H,1-2H3. The average molecular weight is 716 g/mol. The van der Waals surface area contributed by atoms with Gasteiger partial charge in [-0.2, -0.15) is 0 Å². The normalized spacial score (nSPS) is 14.2. The first-order chi connectivity index (χ1) is 27.5. The van der Waals surface area contributed by atoms with Crippen LogP contribution in [0.2, 0.25) is 0 Å². The third kappa shape index (κ3) is 4.67. The minimum atomic E-state index is -0.489. The van der Waals surface area contributed by atoms with Gasteiger partial charge in [0.15, 0.2) is 17.5 Å². The van der Waals surface area contributed by atoms with Crippen molar-refractivity contribution in [2.75, 3.05) is 0 Å². The Bertz CT molecular complexity index is 2950. The minimum Gasteiger partial charge on any atom is -0.208 e. The van der Waals surface area contributed by atoms with E-state index in [0.29, 0.717) is 17.5 Å². The van der Waals surface area contributed by atoms with Crippen molar-refractivity contribution in [3.05, 3.63) is 221 Å². The summed E-state index contributed by atoms with van der Waals surface area (Å²) in [5, 5.41) is 2.36. The second-order valence-electron chi connectivity index (χ2n) is 15.6. The van der Waals surface area contributed by atoms with E-state index < -0.39 is 5.41 Å². The molecule has 0 unspecified atom stereocenters. The molecule has 56 heavy (non-hydrogen) atoms. The van der Waals surface area contributed by atoms with Gasteiger partial charge in [-0.15, -0.1) is 0 Å². The molecular weight excluding hydrogens is 679 g/mol. The number of rotatable bonds is 5. The predicted octanol–water partition coefficient (Wildman–Crippen LogP) is 12.7. The molecule has 3 nitrogen and oxygen atoms in total. The lowest BCUT2D eigenvalue weighted by atomic mass is 9.66. The average Bonchev–Trinajstić information content (AvgIpc) is 3.70. The summed E-state index contributed by atoms with van der Waals surface area (Å²) >= 11 is 0. The van der Waals surface area contributed by atoms with Crippen molar-refractivity contribution in [2.45, 2.75) is 24.7 Å². The molecule has 0 amide bonds. The Kier molecular flexibility index (Phi) is 7.11. The van der Waals surface area contributed by atoms with Crippen LogP contribution in [-0.2, 0) is 10.8 Å². The van der Waals surface area contributed by atoms with Gasteiger partial charge in [-0.1, -0.05) is 190 Å². The van der Waals surface area contributed by atoms with Gasteiger partial charge in [0.2, 0.25) is 0 Å². The molecule has 9 aromatic rings. The molecule has 2 aliphatic rings. The van der Waals surface area contributed by atoms with Crippen molar-refractivity contribution >= 4 is 10.8 Å².